The molecular formula is C14H21BrN2O2. The van der Waals surface area contributed by atoms with Crippen LogP contribution in [-0.2, 0) is 4.79 Å². The summed E-state index contributed by atoms with van der Waals surface area (Å²) in [5.74, 6) is 1.21. The first kappa shape index (κ1) is 16.0. The second kappa shape index (κ2) is 8.17. The third-order valence-corrected chi connectivity index (χ3v) is 3.37. The molecule has 0 saturated heterocycles. The third-order valence-electron chi connectivity index (χ3n) is 2.91. The van der Waals surface area contributed by atoms with Gasteiger partial charge >= 0.3 is 0 Å². The van der Waals surface area contributed by atoms with E-state index in [1.807, 2.05) is 12.1 Å². The van der Waals surface area contributed by atoms with Gasteiger partial charge in [-0.25, -0.2) is 0 Å². The molecule has 0 aromatic heterocycles. The number of carbonyl (C=O) groups excluding carboxylic acids is 1. The predicted molar refractivity (Wildman–Crippen MR) is 81.4 cm³/mol. The summed E-state index contributed by atoms with van der Waals surface area (Å²) >= 11 is 3.38. The molecule has 0 heterocycles. The van der Waals surface area contributed by atoms with E-state index in [0.717, 1.165) is 23.0 Å². The molecule has 0 saturated carbocycles. The maximum atomic E-state index is 11.8. The average molecular weight is 329 g/mol. The molecule has 0 spiro atoms. The molecule has 0 aliphatic heterocycles. The fraction of sp³-hybridized carbons (Fsp3) is 0.500. The summed E-state index contributed by atoms with van der Waals surface area (Å²) in [6.07, 6.45) is 2.32. The Morgan fingerprint density at radius 3 is 2.79 bits per heavy atom. The average Bonchev–Trinajstić information content (AvgIpc) is 2.36. The quantitative estimate of drug-likeness (QED) is 0.808. The van der Waals surface area contributed by atoms with E-state index in [0.29, 0.717) is 24.6 Å². The van der Waals surface area contributed by atoms with Gasteiger partial charge in [0.2, 0.25) is 5.91 Å². The number of methoxy groups -OCH3 is 1. The van der Waals surface area contributed by atoms with E-state index in [4.69, 9.17) is 10.5 Å². The van der Waals surface area contributed by atoms with Crippen molar-refractivity contribution in [3.05, 3.63) is 22.7 Å². The number of nitrogens with two attached hydrogens (primary N) is 1. The first-order valence-electron chi connectivity index (χ1n) is 6.39. The molecule has 5 heteroatoms. The Kier molecular flexibility index (Phi) is 6.87. The number of anilines is 1. The first-order valence-corrected chi connectivity index (χ1v) is 7.19. The molecule has 4 nitrogen and oxygen atoms in total. The zero-order valence-corrected chi connectivity index (χ0v) is 13.0. The van der Waals surface area contributed by atoms with E-state index in [1.165, 1.54) is 0 Å². The number of amides is 1. The van der Waals surface area contributed by atoms with E-state index < -0.39 is 0 Å². The van der Waals surface area contributed by atoms with Crippen LogP contribution in [0.4, 0.5) is 5.69 Å². The monoisotopic (exact) mass is 328 g/mol. The van der Waals surface area contributed by atoms with Crippen LogP contribution in [0.25, 0.3) is 0 Å². The van der Waals surface area contributed by atoms with E-state index in [-0.39, 0.29) is 5.91 Å². The Hall–Kier alpha value is -1.07. The molecular weight excluding hydrogens is 308 g/mol. The molecule has 1 amide bonds. The van der Waals surface area contributed by atoms with Crippen LogP contribution in [0.2, 0.25) is 0 Å². The van der Waals surface area contributed by atoms with Crippen LogP contribution in [0.3, 0.4) is 0 Å². The van der Waals surface area contributed by atoms with Crippen LogP contribution >= 0.6 is 15.9 Å². The fourth-order valence-corrected chi connectivity index (χ4v) is 2.25. The summed E-state index contributed by atoms with van der Waals surface area (Å²) in [7, 11) is 1.60. The number of benzene rings is 1. The number of ether oxygens (including phenoxy) is 1. The highest BCUT2D eigenvalue weighted by Crippen LogP contribution is 2.24. The Balaban J connectivity index is 2.50. The molecule has 1 aromatic carbocycles. The van der Waals surface area contributed by atoms with Crippen molar-refractivity contribution in [2.45, 2.75) is 26.2 Å². The molecule has 0 aliphatic rings. The van der Waals surface area contributed by atoms with Crippen molar-refractivity contribution in [1.82, 2.24) is 0 Å². The lowest BCUT2D eigenvalue weighted by Crippen LogP contribution is -2.14. The topological polar surface area (TPSA) is 64.3 Å². The minimum Gasteiger partial charge on any atom is -0.497 e. The summed E-state index contributed by atoms with van der Waals surface area (Å²) in [5.41, 5.74) is 6.23. The van der Waals surface area contributed by atoms with Gasteiger partial charge in [0.05, 0.1) is 7.11 Å². The van der Waals surface area contributed by atoms with Gasteiger partial charge < -0.3 is 15.8 Å². The number of halogens is 1. The molecule has 0 aliphatic carbocycles. The van der Waals surface area contributed by atoms with E-state index in [2.05, 4.69) is 28.2 Å². The van der Waals surface area contributed by atoms with Crippen molar-refractivity contribution in [2.75, 3.05) is 19.0 Å². The molecule has 1 unspecified atom stereocenters. The van der Waals surface area contributed by atoms with Crippen LogP contribution in [0.15, 0.2) is 22.7 Å². The van der Waals surface area contributed by atoms with Crippen molar-refractivity contribution in [2.24, 2.45) is 11.7 Å². The molecule has 19 heavy (non-hydrogen) atoms. The summed E-state index contributed by atoms with van der Waals surface area (Å²) in [5, 5.41) is 2.87. The van der Waals surface area contributed by atoms with Crippen molar-refractivity contribution >= 4 is 27.5 Å². The van der Waals surface area contributed by atoms with Gasteiger partial charge in [-0.2, -0.15) is 0 Å². The Labute approximate surface area is 122 Å². The van der Waals surface area contributed by atoms with E-state index in [1.54, 1.807) is 13.2 Å². The lowest BCUT2D eigenvalue weighted by atomic mass is 10.0. The number of rotatable bonds is 7. The molecule has 3 N–H and O–H groups in total. The number of carbonyl (C=O) groups is 1. The number of nitrogens with one attached hydrogen (secondary N) is 1. The summed E-state index contributed by atoms with van der Waals surface area (Å²) in [6, 6.07) is 5.49. The highest BCUT2D eigenvalue weighted by atomic mass is 79.9. The molecule has 1 rings (SSSR count). The van der Waals surface area contributed by atoms with E-state index >= 15 is 0 Å². The summed E-state index contributed by atoms with van der Waals surface area (Å²) in [6.45, 7) is 2.79. The van der Waals surface area contributed by atoms with Gasteiger partial charge in [0.15, 0.2) is 0 Å². The highest BCUT2D eigenvalue weighted by Gasteiger charge is 2.08. The Bertz CT molecular complexity index is 424. The molecule has 1 aromatic rings. The summed E-state index contributed by atoms with van der Waals surface area (Å²) < 4.78 is 6.03. The van der Waals surface area contributed by atoms with Crippen LogP contribution in [-0.4, -0.2) is 19.6 Å². The number of hydrogen-bond acceptors (Lipinski definition) is 3. The molecule has 0 bridgehead atoms. The summed E-state index contributed by atoms with van der Waals surface area (Å²) in [4.78, 5) is 11.8. The minimum atomic E-state index is 0.0176. The van der Waals surface area contributed by atoms with Gasteiger partial charge in [0.1, 0.15) is 5.75 Å². The standard InChI is InChI=1S/C14H21BrN2O2/c1-10(5-6-16)3-4-14(18)17-12-7-11(15)8-13(9-12)19-2/h7-10H,3-6,16H2,1-2H3,(H,17,18). The normalized spacial score (nSPS) is 12.0. The van der Waals surface area contributed by atoms with Gasteiger partial charge in [0, 0.05) is 22.6 Å². The SMILES string of the molecule is COc1cc(Br)cc(NC(=O)CCC(C)CCN)c1. The van der Waals surface area contributed by atoms with Crippen LogP contribution in [0, 0.1) is 5.92 Å². The molecule has 0 fully saturated rings. The highest BCUT2D eigenvalue weighted by molar-refractivity contribution is 9.10. The third kappa shape index (κ3) is 6.07. The molecule has 0 radical (unpaired) electrons. The minimum absolute atomic E-state index is 0.0176. The smallest absolute Gasteiger partial charge is 0.224 e. The Morgan fingerprint density at radius 2 is 2.16 bits per heavy atom. The van der Waals surface area contributed by atoms with Crippen LogP contribution in [0.1, 0.15) is 26.2 Å². The predicted octanol–water partition coefficient (Wildman–Crippen LogP) is 3.16. The zero-order valence-electron chi connectivity index (χ0n) is 11.4. The molecule has 106 valence electrons. The second-order valence-corrected chi connectivity index (χ2v) is 5.56. The lowest BCUT2D eigenvalue weighted by molar-refractivity contribution is -0.116. The van der Waals surface area contributed by atoms with Gasteiger partial charge in [0.25, 0.3) is 0 Å². The van der Waals surface area contributed by atoms with Crippen LogP contribution in [0.5, 0.6) is 5.75 Å². The van der Waals surface area contributed by atoms with Gasteiger partial charge in [-0.3, -0.25) is 4.79 Å². The second-order valence-electron chi connectivity index (χ2n) is 4.65. The largest absolute Gasteiger partial charge is 0.497 e. The lowest BCUT2D eigenvalue weighted by Gasteiger charge is -2.11. The van der Waals surface area contributed by atoms with Crippen LogP contribution < -0.4 is 15.8 Å². The van der Waals surface area contributed by atoms with Gasteiger partial charge in [-0.15, -0.1) is 0 Å². The maximum absolute atomic E-state index is 11.8. The van der Waals surface area contributed by atoms with E-state index in [9.17, 15) is 4.79 Å². The van der Waals surface area contributed by atoms with Crippen molar-refractivity contribution in [3.8, 4) is 5.75 Å². The van der Waals surface area contributed by atoms with Gasteiger partial charge in [-0.1, -0.05) is 22.9 Å². The first-order chi connectivity index (χ1) is 9.05. The zero-order chi connectivity index (χ0) is 14.3. The maximum Gasteiger partial charge on any atom is 0.224 e. The van der Waals surface area contributed by atoms with Gasteiger partial charge in [-0.05, 0) is 37.4 Å². The number of hydrogen-bond donors (Lipinski definition) is 2. The fourth-order valence-electron chi connectivity index (χ4n) is 1.78. The van der Waals surface area contributed by atoms with Crippen molar-refractivity contribution < 1.29 is 9.53 Å². The van der Waals surface area contributed by atoms with Crippen molar-refractivity contribution in [1.29, 1.82) is 0 Å². The van der Waals surface area contributed by atoms with Crippen molar-refractivity contribution in [3.63, 3.8) is 0 Å². The molecule has 1 atom stereocenters. The Morgan fingerprint density at radius 1 is 1.42 bits per heavy atom.